The van der Waals surface area contributed by atoms with Crippen LogP contribution in [0.15, 0.2) is 24.4 Å². The van der Waals surface area contributed by atoms with Crippen LogP contribution in [-0.4, -0.2) is 96.8 Å². The molecule has 2 N–H and O–H groups in total. The van der Waals surface area contributed by atoms with Gasteiger partial charge >= 0.3 is 5.97 Å². The molecule has 0 aliphatic carbocycles. The van der Waals surface area contributed by atoms with E-state index in [1.807, 2.05) is 0 Å². The van der Waals surface area contributed by atoms with E-state index in [2.05, 4.69) is 10.6 Å². The zero-order valence-corrected chi connectivity index (χ0v) is 25.6. The molecule has 0 saturated heterocycles. The first-order valence-corrected chi connectivity index (χ1v) is 14.6. The minimum atomic E-state index is -0.605. The summed E-state index contributed by atoms with van der Waals surface area (Å²) in [7, 11) is 1.69. The highest BCUT2D eigenvalue weighted by Gasteiger charge is 2.23. The highest BCUT2D eigenvalue weighted by molar-refractivity contribution is 6.13. The Labute approximate surface area is 256 Å². The predicted octanol–water partition coefficient (Wildman–Crippen LogP) is 1.33. The molecule has 44 heavy (non-hydrogen) atoms. The summed E-state index contributed by atoms with van der Waals surface area (Å²) in [4.78, 5) is 83.8. The first-order valence-electron chi connectivity index (χ1n) is 14.6. The van der Waals surface area contributed by atoms with E-state index in [9.17, 15) is 33.6 Å². The summed E-state index contributed by atoms with van der Waals surface area (Å²) in [6.45, 7) is 4.59. The molecular weight excluding hydrogens is 576 g/mol. The van der Waals surface area contributed by atoms with Gasteiger partial charge in [0.25, 0.3) is 17.7 Å². The van der Waals surface area contributed by atoms with Crippen LogP contribution < -0.4 is 10.6 Å². The molecule has 1 aliphatic rings. The zero-order chi connectivity index (χ0) is 32.5. The van der Waals surface area contributed by atoms with Gasteiger partial charge in [-0.15, -0.1) is 0 Å². The number of hydrogen-bond acceptors (Lipinski definition) is 10. The number of nitrogens with zero attached hydrogens (tertiary/aromatic N) is 2. The average molecular weight is 619 g/mol. The molecule has 4 amide bonds. The largest absolute Gasteiger partial charge is 0.465 e. The predicted molar refractivity (Wildman–Crippen MR) is 157 cm³/mol. The second-order valence-corrected chi connectivity index (χ2v) is 10.4. The van der Waals surface area contributed by atoms with Crippen molar-refractivity contribution in [2.45, 2.75) is 52.4 Å². The standard InChI is InChI=1S/C30H42N4O10/c1-21(30(41)44-14-5-11-31-29(40)26-19-23(20-33(26)3)32-22(2)35)18-25(37)10-15-43-17-16-42-13-4-6-24(36)9-12-34-27(38)7-8-28(34)39/h7-8,19-21H,4-6,9-18H2,1-3H3,(H,31,40)(H,32,35)/t21-/m1/s1. The molecule has 2 rings (SSSR count). The molecule has 0 spiro atoms. The van der Waals surface area contributed by atoms with Crippen molar-refractivity contribution in [2.75, 3.05) is 51.4 Å². The van der Waals surface area contributed by atoms with E-state index in [0.717, 1.165) is 4.90 Å². The Bertz CT molecular complexity index is 1200. The van der Waals surface area contributed by atoms with Crippen LogP contribution in [0.5, 0.6) is 0 Å². The van der Waals surface area contributed by atoms with Crippen LogP contribution in [0.4, 0.5) is 5.69 Å². The van der Waals surface area contributed by atoms with Gasteiger partial charge < -0.3 is 29.4 Å². The van der Waals surface area contributed by atoms with Crippen molar-refractivity contribution < 1.29 is 47.8 Å². The van der Waals surface area contributed by atoms with Gasteiger partial charge in [0.15, 0.2) is 0 Å². The molecule has 14 nitrogen and oxygen atoms in total. The molecule has 0 saturated carbocycles. The fraction of sp³-hybridized carbons (Fsp3) is 0.567. The number of carbonyl (C=O) groups excluding carboxylic acids is 7. The highest BCUT2D eigenvalue weighted by Crippen LogP contribution is 2.13. The third-order valence-corrected chi connectivity index (χ3v) is 6.50. The molecule has 0 fully saturated rings. The van der Waals surface area contributed by atoms with E-state index in [1.165, 1.54) is 19.1 Å². The summed E-state index contributed by atoms with van der Waals surface area (Å²) in [5.41, 5.74) is 0.896. The number of hydrogen-bond donors (Lipinski definition) is 2. The smallest absolute Gasteiger partial charge is 0.309 e. The van der Waals surface area contributed by atoms with E-state index in [4.69, 9.17) is 14.2 Å². The van der Waals surface area contributed by atoms with Gasteiger partial charge in [0.05, 0.1) is 38.0 Å². The van der Waals surface area contributed by atoms with Crippen LogP contribution in [0.2, 0.25) is 0 Å². The summed E-state index contributed by atoms with van der Waals surface area (Å²) in [5.74, 6) is -2.64. The molecule has 0 aromatic carbocycles. The molecule has 14 heteroatoms. The van der Waals surface area contributed by atoms with E-state index < -0.39 is 23.7 Å². The van der Waals surface area contributed by atoms with Crippen LogP contribution in [0.3, 0.4) is 0 Å². The minimum Gasteiger partial charge on any atom is -0.465 e. The van der Waals surface area contributed by atoms with Crippen molar-refractivity contribution in [1.29, 1.82) is 0 Å². The van der Waals surface area contributed by atoms with Gasteiger partial charge in [-0.3, -0.25) is 38.5 Å². The molecule has 2 heterocycles. The van der Waals surface area contributed by atoms with Crippen molar-refractivity contribution in [2.24, 2.45) is 13.0 Å². The fourth-order valence-corrected chi connectivity index (χ4v) is 4.16. The summed E-state index contributed by atoms with van der Waals surface area (Å²) in [5, 5.41) is 5.35. The van der Waals surface area contributed by atoms with Crippen LogP contribution in [0.1, 0.15) is 62.9 Å². The maximum atomic E-state index is 12.3. The number of Topliss-reactive ketones (excluding diaryl/α,β-unsaturated/α-hetero) is 2. The lowest BCUT2D eigenvalue weighted by molar-refractivity contribution is -0.149. The Hall–Kier alpha value is -4.17. The first-order chi connectivity index (χ1) is 21.0. The number of ether oxygens (including phenoxy) is 3. The molecule has 0 bridgehead atoms. The van der Waals surface area contributed by atoms with Gasteiger partial charge in [0.2, 0.25) is 5.91 Å². The third-order valence-electron chi connectivity index (χ3n) is 6.50. The normalized spacial score (nSPS) is 13.2. The maximum Gasteiger partial charge on any atom is 0.309 e. The van der Waals surface area contributed by atoms with E-state index in [-0.39, 0.29) is 82.0 Å². The van der Waals surface area contributed by atoms with E-state index in [0.29, 0.717) is 37.4 Å². The molecule has 0 radical (unpaired) electrons. The Morgan fingerprint density at radius 1 is 0.864 bits per heavy atom. The van der Waals surface area contributed by atoms with Crippen molar-refractivity contribution in [3.63, 3.8) is 0 Å². The molecule has 1 aliphatic heterocycles. The number of ketones is 2. The van der Waals surface area contributed by atoms with Gasteiger partial charge in [0, 0.05) is 77.7 Å². The zero-order valence-electron chi connectivity index (χ0n) is 25.6. The molecule has 1 aromatic heterocycles. The monoisotopic (exact) mass is 618 g/mol. The van der Waals surface area contributed by atoms with Crippen LogP contribution in [-0.2, 0) is 50.0 Å². The fourth-order valence-electron chi connectivity index (χ4n) is 4.16. The van der Waals surface area contributed by atoms with Crippen molar-refractivity contribution in [1.82, 2.24) is 14.8 Å². The second-order valence-electron chi connectivity index (χ2n) is 10.4. The molecule has 1 atom stereocenters. The van der Waals surface area contributed by atoms with Crippen molar-refractivity contribution in [3.8, 4) is 0 Å². The van der Waals surface area contributed by atoms with Gasteiger partial charge in [-0.1, -0.05) is 6.92 Å². The number of esters is 1. The Kier molecular flexibility index (Phi) is 15.7. The third kappa shape index (κ3) is 13.4. The van der Waals surface area contributed by atoms with E-state index in [1.54, 1.807) is 30.8 Å². The van der Waals surface area contributed by atoms with E-state index >= 15 is 0 Å². The van der Waals surface area contributed by atoms with Gasteiger partial charge in [0.1, 0.15) is 17.3 Å². The number of nitrogens with one attached hydrogen (secondary N) is 2. The minimum absolute atomic E-state index is 0.0319. The summed E-state index contributed by atoms with van der Waals surface area (Å²) < 4.78 is 17.6. The summed E-state index contributed by atoms with van der Waals surface area (Å²) in [6, 6.07) is 1.57. The average Bonchev–Trinajstić information content (AvgIpc) is 3.49. The lowest BCUT2D eigenvalue weighted by atomic mass is 10.0. The van der Waals surface area contributed by atoms with Gasteiger partial charge in [-0.05, 0) is 18.9 Å². The Morgan fingerprint density at radius 3 is 2.23 bits per heavy atom. The SMILES string of the molecule is CC(=O)Nc1cc(C(=O)NCCCOC(=O)[C@H](C)CC(=O)CCOCCOCCCC(=O)CCN2C(=O)C=CC2=O)n(C)c1. The number of aromatic nitrogens is 1. The lowest BCUT2D eigenvalue weighted by Crippen LogP contribution is -2.32. The van der Waals surface area contributed by atoms with Gasteiger partial charge in [-0.25, -0.2) is 0 Å². The molecular formula is C30H42N4O10. The summed E-state index contributed by atoms with van der Waals surface area (Å²) >= 11 is 0. The van der Waals surface area contributed by atoms with Crippen molar-refractivity contribution >= 4 is 46.9 Å². The second kappa shape index (κ2) is 19.2. The number of aryl methyl sites for hydroxylation is 1. The van der Waals surface area contributed by atoms with Crippen molar-refractivity contribution in [3.05, 3.63) is 30.1 Å². The number of carbonyl (C=O) groups is 7. The number of imide groups is 1. The van der Waals surface area contributed by atoms with Crippen LogP contribution in [0.25, 0.3) is 0 Å². The highest BCUT2D eigenvalue weighted by atomic mass is 16.5. The quantitative estimate of drug-likeness (QED) is 0.109. The number of amides is 4. The van der Waals surface area contributed by atoms with Crippen LogP contribution >= 0.6 is 0 Å². The summed E-state index contributed by atoms with van der Waals surface area (Å²) in [6.07, 6.45) is 5.50. The first kappa shape index (κ1) is 36.0. The Morgan fingerprint density at radius 2 is 1.55 bits per heavy atom. The molecule has 0 unspecified atom stereocenters. The Balaban J connectivity index is 1.43. The maximum absolute atomic E-state index is 12.3. The molecule has 1 aromatic rings. The lowest BCUT2D eigenvalue weighted by Gasteiger charge is -2.12. The van der Waals surface area contributed by atoms with Gasteiger partial charge in [-0.2, -0.15) is 0 Å². The number of rotatable bonds is 22. The number of anilines is 1. The topological polar surface area (TPSA) is 179 Å². The van der Waals surface area contributed by atoms with Crippen LogP contribution in [0, 0.1) is 5.92 Å². The molecule has 242 valence electrons.